The Bertz CT molecular complexity index is 1230. The van der Waals surface area contributed by atoms with Crippen LogP contribution < -0.4 is 5.32 Å². The smallest absolute Gasteiger partial charge is 0.190 e. The predicted octanol–water partition coefficient (Wildman–Crippen LogP) is 6.13. The lowest BCUT2D eigenvalue weighted by Crippen LogP contribution is -1.87. The van der Waals surface area contributed by atoms with Crippen LogP contribution in [0, 0.1) is 6.92 Å². The lowest BCUT2D eigenvalue weighted by atomic mass is 10.2. The van der Waals surface area contributed by atoms with Crippen molar-refractivity contribution in [1.29, 1.82) is 0 Å². The highest BCUT2D eigenvalue weighted by Crippen LogP contribution is 2.37. The molecule has 5 aromatic rings. The van der Waals surface area contributed by atoms with E-state index in [1.807, 2.05) is 6.92 Å². The first-order valence-electron chi connectivity index (χ1n) is 8.03. The molecule has 2 aromatic carbocycles. The summed E-state index contributed by atoms with van der Waals surface area (Å²) < 4.78 is 3.56. The molecule has 1 N–H and O–H groups in total. The van der Waals surface area contributed by atoms with Crippen LogP contribution >= 0.6 is 34.0 Å². The average Bonchev–Trinajstić information content (AvgIpc) is 3.28. The quantitative estimate of drug-likeness (QED) is 0.408. The summed E-state index contributed by atoms with van der Waals surface area (Å²) >= 11 is 5.03. The molecule has 0 atom stereocenters. The van der Waals surface area contributed by atoms with Crippen LogP contribution in [-0.2, 0) is 6.42 Å². The third-order valence-electron chi connectivity index (χ3n) is 4.10. The van der Waals surface area contributed by atoms with Crippen molar-refractivity contribution in [2.45, 2.75) is 20.3 Å². The molecule has 4 nitrogen and oxygen atoms in total. The van der Waals surface area contributed by atoms with Gasteiger partial charge in [-0.1, -0.05) is 35.7 Å². The van der Waals surface area contributed by atoms with Gasteiger partial charge in [-0.2, -0.15) is 0 Å². The minimum absolute atomic E-state index is 0.864. The molecule has 0 spiro atoms. The van der Waals surface area contributed by atoms with Crippen LogP contribution in [0.5, 0.6) is 0 Å². The summed E-state index contributed by atoms with van der Waals surface area (Å²) in [6.07, 6.45) is 1.04. The van der Waals surface area contributed by atoms with Crippen LogP contribution in [0.2, 0.25) is 0 Å². The monoisotopic (exact) mass is 382 g/mol. The van der Waals surface area contributed by atoms with Gasteiger partial charge in [-0.15, -0.1) is 11.3 Å². The minimum atomic E-state index is 0.864. The first-order chi connectivity index (χ1) is 12.2. The van der Waals surface area contributed by atoms with E-state index in [-0.39, 0.29) is 0 Å². The largest absolute Gasteiger partial charge is 0.307 e. The number of hydrogen-bond donors (Lipinski definition) is 1. The zero-order valence-electron chi connectivity index (χ0n) is 13.7. The topological polar surface area (TPSA) is 50.7 Å². The number of rotatable bonds is 3. The predicted molar refractivity (Wildman–Crippen MR) is 110 cm³/mol. The highest BCUT2D eigenvalue weighted by Gasteiger charge is 2.12. The van der Waals surface area contributed by atoms with Gasteiger partial charge in [0.15, 0.2) is 10.3 Å². The number of benzene rings is 2. The summed E-state index contributed by atoms with van der Waals surface area (Å²) in [6.45, 7) is 4.21. The van der Waals surface area contributed by atoms with Crippen molar-refractivity contribution >= 4 is 74.9 Å². The maximum Gasteiger partial charge on any atom is 0.190 e. The summed E-state index contributed by atoms with van der Waals surface area (Å²) in [5.74, 6) is 0. The van der Waals surface area contributed by atoms with Crippen molar-refractivity contribution in [2.75, 3.05) is 5.32 Å². The Balaban J connectivity index is 1.56. The van der Waals surface area contributed by atoms with E-state index in [0.717, 1.165) is 42.9 Å². The first-order valence-corrected chi connectivity index (χ1v) is 10.5. The van der Waals surface area contributed by atoms with Gasteiger partial charge in [-0.05, 0) is 43.2 Å². The zero-order chi connectivity index (χ0) is 17.0. The highest BCUT2D eigenvalue weighted by molar-refractivity contribution is 7.25. The van der Waals surface area contributed by atoms with Crippen LogP contribution in [0.15, 0.2) is 30.3 Å². The Kier molecular flexibility index (Phi) is 3.48. The van der Waals surface area contributed by atoms with E-state index >= 15 is 0 Å². The van der Waals surface area contributed by atoms with Crippen molar-refractivity contribution < 1.29 is 0 Å². The van der Waals surface area contributed by atoms with Gasteiger partial charge in [0, 0.05) is 0 Å². The number of aryl methyl sites for hydroxylation is 2. The normalized spacial score (nSPS) is 11.8. The van der Waals surface area contributed by atoms with E-state index in [9.17, 15) is 0 Å². The molecule has 0 radical (unpaired) electrons. The Morgan fingerprint density at radius 3 is 2.56 bits per heavy atom. The fraction of sp³-hybridized carbons (Fsp3) is 0.167. The van der Waals surface area contributed by atoms with Crippen LogP contribution in [0.1, 0.15) is 17.5 Å². The molecule has 0 amide bonds. The molecule has 0 aliphatic heterocycles. The molecule has 7 heteroatoms. The molecule has 0 aliphatic rings. The van der Waals surface area contributed by atoms with Crippen molar-refractivity contribution in [3.8, 4) is 0 Å². The molecule has 124 valence electrons. The second-order valence-electron chi connectivity index (χ2n) is 5.81. The molecule has 0 bridgehead atoms. The number of hydrogen-bond acceptors (Lipinski definition) is 7. The number of nitrogens with zero attached hydrogens (tertiary/aromatic N) is 3. The molecule has 5 rings (SSSR count). The minimum Gasteiger partial charge on any atom is -0.307 e. The molecule has 0 fully saturated rings. The molecule has 25 heavy (non-hydrogen) atoms. The molecule has 0 saturated carbocycles. The molecular formula is C18H14N4S3. The standard InChI is InChI=1S/C18H14N4S3/c1-3-10-4-5-11-14(8-10)24-17(20-11)22-18-21-12-6-7-13-15(16(12)25-18)19-9(2)23-13/h4-8H,3H2,1-2H3,(H,20,21,22). The van der Waals surface area contributed by atoms with Gasteiger partial charge < -0.3 is 5.32 Å². The third-order valence-corrected chi connectivity index (χ3v) is 6.96. The van der Waals surface area contributed by atoms with E-state index in [2.05, 4.69) is 52.5 Å². The van der Waals surface area contributed by atoms with Crippen molar-refractivity contribution in [3.63, 3.8) is 0 Å². The Hall–Kier alpha value is -2.09. The number of thiazole rings is 3. The van der Waals surface area contributed by atoms with Gasteiger partial charge in [0.1, 0.15) is 5.52 Å². The summed E-state index contributed by atoms with van der Waals surface area (Å²) in [4.78, 5) is 14.1. The van der Waals surface area contributed by atoms with Crippen LogP contribution in [0.4, 0.5) is 10.3 Å². The van der Waals surface area contributed by atoms with Gasteiger partial charge in [0.2, 0.25) is 0 Å². The first kappa shape index (κ1) is 15.2. The number of nitrogens with one attached hydrogen (secondary N) is 1. The highest BCUT2D eigenvalue weighted by atomic mass is 32.1. The molecule has 0 saturated heterocycles. The zero-order valence-corrected chi connectivity index (χ0v) is 16.1. The fourth-order valence-corrected chi connectivity index (χ4v) is 5.72. The van der Waals surface area contributed by atoms with Gasteiger partial charge in [-0.3, -0.25) is 0 Å². The maximum absolute atomic E-state index is 4.71. The lowest BCUT2D eigenvalue weighted by Gasteiger charge is -1.93. The second-order valence-corrected chi connectivity index (χ2v) is 9.08. The average molecular weight is 383 g/mol. The van der Waals surface area contributed by atoms with Gasteiger partial charge in [-0.25, -0.2) is 15.0 Å². The molecule has 0 aliphatic carbocycles. The van der Waals surface area contributed by atoms with Crippen molar-refractivity contribution in [1.82, 2.24) is 15.0 Å². The molecule has 3 heterocycles. The summed E-state index contributed by atoms with van der Waals surface area (Å²) in [5, 5.41) is 6.21. The van der Waals surface area contributed by atoms with Gasteiger partial charge >= 0.3 is 0 Å². The number of fused-ring (bicyclic) bond motifs is 4. The van der Waals surface area contributed by atoms with Crippen LogP contribution in [0.25, 0.3) is 30.6 Å². The van der Waals surface area contributed by atoms with E-state index < -0.39 is 0 Å². The van der Waals surface area contributed by atoms with Crippen LogP contribution in [-0.4, -0.2) is 15.0 Å². The maximum atomic E-state index is 4.71. The van der Waals surface area contributed by atoms with Crippen molar-refractivity contribution in [3.05, 3.63) is 40.9 Å². The van der Waals surface area contributed by atoms with Crippen LogP contribution in [0.3, 0.4) is 0 Å². The second kappa shape index (κ2) is 5.72. The summed E-state index contributed by atoms with van der Waals surface area (Å²) in [6, 6.07) is 10.6. The number of aromatic nitrogens is 3. The molecule has 3 aromatic heterocycles. The molecule has 0 unspecified atom stereocenters. The van der Waals surface area contributed by atoms with E-state index in [1.165, 1.54) is 15.0 Å². The van der Waals surface area contributed by atoms with E-state index in [0.29, 0.717) is 0 Å². The number of anilines is 2. The third kappa shape index (κ3) is 2.59. The van der Waals surface area contributed by atoms with E-state index in [1.54, 1.807) is 34.0 Å². The van der Waals surface area contributed by atoms with E-state index in [4.69, 9.17) is 4.98 Å². The fourth-order valence-electron chi connectivity index (χ4n) is 2.87. The summed E-state index contributed by atoms with van der Waals surface area (Å²) in [7, 11) is 0. The lowest BCUT2D eigenvalue weighted by molar-refractivity contribution is 1.15. The van der Waals surface area contributed by atoms with Gasteiger partial charge in [0.05, 0.1) is 30.1 Å². The Morgan fingerprint density at radius 1 is 0.880 bits per heavy atom. The van der Waals surface area contributed by atoms with Crippen molar-refractivity contribution in [2.24, 2.45) is 0 Å². The van der Waals surface area contributed by atoms with Gasteiger partial charge in [0.25, 0.3) is 0 Å². The SMILES string of the molecule is CCc1ccc2nc(Nc3nc4ccc5sc(C)nc5c4s3)sc2c1. The molecular weight excluding hydrogens is 368 g/mol. The Morgan fingerprint density at radius 2 is 1.68 bits per heavy atom. The summed E-state index contributed by atoms with van der Waals surface area (Å²) in [5.41, 5.74) is 4.41. The Labute approximate surface area is 156 Å².